The molecule has 246 valence electrons. The minimum atomic E-state index is 0.0952. The molecule has 1 aromatic heterocycles. The Morgan fingerprint density at radius 2 is 1.36 bits per heavy atom. The van der Waals surface area contributed by atoms with Crippen LogP contribution in [0.2, 0.25) is 0 Å². The molecule has 0 radical (unpaired) electrons. The second-order valence-corrected chi connectivity index (χ2v) is 13.1. The molecule has 1 aliphatic rings. The molecule has 5 aromatic rings. The first-order valence-electron chi connectivity index (χ1n) is 17.8. The van der Waals surface area contributed by atoms with Gasteiger partial charge in [0, 0.05) is 6.07 Å². The molecular weight excluding hydrogens is 582 g/mol. The second-order valence-electron chi connectivity index (χ2n) is 13.1. The van der Waals surface area contributed by atoms with E-state index in [1.165, 1.54) is 68.1 Å². The zero-order valence-electron chi connectivity index (χ0n) is 27.8. The monoisotopic (exact) mass is 631 g/mol. The second kappa shape index (κ2) is 16.5. The van der Waals surface area contributed by atoms with Gasteiger partial charge in [-0.25, -0.2) is 4.98 Å². The number of rotatable bonds is 16. The Labute approximate surface area is 280 Å². The average molecular weight is 632 g/mol. The van der Waals surface area contributed by atoms with Crippen molar-refractivity contribution in [3.8, 4) is 39.8 Å². The van der Waals surface area contributed by atoms with Crippen molar-refractivity contribution in [1.82, 2.24) is 4.98 Å². The number of nitrogens with zero attached hydrogens (tertiary/aromatic N) is 1. The summed E-state index contributed by atoms with van der Waals surface area (Å²) in [5, 5.41) is 10.5. The van der Waals surface area contributed by atoms with E-state index in [4.69, 9.17) is 13.9 Å². The number of fused-ring (bicyclic) bond motifs is 1. The van der Waals surface area contributed by atoms with Gasteiger partial charge in [0.05, 0.1) is 18.8 Å². The van der Waals surface area contributed by atoms with Gasteiger partial charge >= 0.3 is 0 Å². The summed E-state index contributed by atoms with van der Waals surface area (Å²) in [6.07, 6.45) is 15.2. The number of para-hydroxylation sites is 2. The van der Waals surface area contributed by atoms with Crippen LogP contribution in [0.25, 0.3) is 33.7 Å². The highest BCUT2D eigenvalue weighted by atomic mass is 16.5. The summed E-state index contributed by atoms with van der Waals surface area (Å²) in [5.41, 5.74) is 6.03. The van der Waals surface area contributed by atoms with Crippen molar-refractivity contribution in [2.24, 2.45) is 5.92 Å². The molecule has 1 N–H and O–H groups in total. The highest BCUT2D eigenvalue weighted by Crippen LogP contribution is 2.38. The van der Waals surface area contributed by atoms with Crippen LogP contribution in [0.1, 0.15) is 95.5 Å². The first-order valence-corrected chi connectivity index (χ1v) is 17.8. The zero-order valence-corrected chi connectivity index (χ0v) is 27.8. The Morgan fingerprint density at radius 3 is 2.04 bits per heavy atom. The van der Waals surface area contributed by atoms with Crippen molar-refractivity contribution >= 4 is 11.1 Å². The fraction of sp³-hybridized carbons (Fsp3) is 0.405. The molecule has 4 aromatic carbocycles. The van der Waals surface area contributed by atoms with Crippen molar-refractivity contribution in [3.63, 3.8) is 0 Å². The van der Waals surface area contributed by atoms with E-state index in [1.807, 2.05) is 30.3 Å². The van der Waals surface area contributed by atoms with Crippen LogP contribution in [0.15, 0.2) is 95.4 Å². The number of phenols is 1. The van der Waals surface area contributed by atoms with E-state index in [9.17, 15) is 5.11 Å². The molecule has 0 spiro atoms. The van der Waals surface area contributed by atoms with Crippen LogP contribution < -0.4 is 9.47 Å². The molecule has 1 fully saturated rings. The van der Waals surface area contributed by atoms with Crippen LogP contribution in [-0.2, 0) is 0 Å². The normalized spacial score (nSPS) is 16.4. The van der Waals surface area contributed by atoms with E-state index in [2.05, 4.69) is 60.4 Å². The van der Waals surface area contributed by atoms with Gasteiger partial charge in [0.25, 0.3) is 0 Å². The number of oxazole rings is 1. The first kappa shape index (κ1) is 32.7. The van der Waals surface area contributed by atoms with Crippen LogP contribution in [0.5, 0.6) is 17.2 Å². The van der Waals surface area contributed by atoms with E-state index in [1.54, 1.807) is 12.1 Å². The molecule has 0 aliphatic heterocycles. The quantitative estimate of drug-likeness (QED) is 0.110. The molecule has 0 amide bonds. The van der Waals surface area contributed by atoms with E-state index < -0.39 is 0 Å². The molecule has 1 heterocycles. The lowest BCUT2D eigenvalue weighted by atomic mass is 9.77. The number of hydrogen-bond donors (Lipinski definition) is 1. The van der Waals surface area contributed by atoms with Crippen LogP contribution in [0.4, 0.5) is 0 Å². The van der Waals surface area contributed by atoms with Gasteiger partial charge in [0.1, 0.15) is 22.8 Å². The summed E-state index contributed by atoms with van der Waals surface area (Å²) in [7, 11) is 0. The summed E-state index contributed by atoms with van der Waals surface area (Å²) in [4.78, 5) is 4.47. The molecule has 5 heteroatoms. The van der Waals surface area contributed by atoms with Gasteiger partial charge < -0.3 is 19.0 Å². The fourth-order valence-corrected chi connectivity index (χ4v) is 6.87. The smallest absolute Gasteiger partial charge is 0.231 e. The Hall–Kier alpha value is -4.25. The number of benzene rings is 4. The number of hydrogen-bond acceptors (Lipinski definition) is 5. The first-order chi connectivity index (χ1) is 23.2. The van der Waals surface area contributed by atoms with Gasteiger partial charge in [0.2, 0.25) is 5.89 Å². The van der Waals surface area contributed by atoms with E-state index >= 15 is 0 Å². The highest BCUT2D eigenvalue weighted by Gasteiger charge is 2.22. The summed E-state index contributed by atoms with van der Waals surface area (Å²) >= 11 is 0. The lowest BCUT2D eigenvalue weighted by molar-refractivity contribution is 0.287. The molecule has 5 nitrogen and oxygen atoms in total. The van der Waals surface area contributed by atoms with Gasteiger partial charge in [-0.3, -0.25) is 0 Å². The lowest BCUT2D eigenvalue weighted by Gasteiger charge is -2.29. The number of phenolic OH excluding ortho intramolecular Hbond substituents is 1. The Kier molecular flexibility index (Phi) is 11.5. The van der Waals surface area contributed by atoms with Crippen molar-refractivity contribution in [1.29, 1.82) is 0 Å². The van der Waals surface area contributed by atoms with E-state index in [-0.39, 0.29) is 5.75 Å². The fourth-order valence-electron chi connectivity index (χ4n) is 6.87. The summed E-state index contributed by atoms with van der Waals surface area (Å²) in [6.45, 7) is 3.61. The number of ether oxygens (including phenoxy) is 2. The van der Waals surface area contributed by atoms with E-state index in [0.717, 1.165) is 48.8 Å². The predicted octanol–water partition coefficient (Wildman–Crippen LogP) is 11.7. The standard InChI is InChI=1S/C42H49NO4/c1-2-3-6-11-31-14-16-32(17-15-31)33-18-20-34(21-19-33)35-22-24-36(25-23-35)45-28-9-4-5-10-29-46-37-26-27-38(40(44)30-37)42-43-39-12-7-8-13-41(39)47-42/h7-8,12-13,18-27,30-32,44H,2-6,9-11,14-17,28-29H2,1H3/t31-,32-. The third-order valence-electron chi connectivity index (χ3n) is 9.70. The third-order valence-corrected chi connectivity index (χ3v) is 9.70. The highest BCUT2D eigenvalue weighted by molar-refractivity contribution is 5.77. The molecule has 6 rings (SSSR count). The molecular formula is C42H49NO4. The molecule has 0 atom stereocenters. The van der Waals surface area contributed by atoms with E-state index in [0.29, 0.717) is 36.0 Å². The van der Waals surface area contributed by atoms with Gasteiger partial charge in [-0.15, -0.1) is 0 Å². The Bertz CT molecular complexity index is 1630. The molecule has 0 saturated heterocycles. The maximum absolute atomic E-state index is 10.5. The molecule has 0 bridgehead atoms. The van der Waals surface area contributed by atoms with Gasteiger partial charge in [0.15, 0.2) is 5.58 Å². The Morgan fingerprint density at radius 1 is 0.702 bits per heavy atom. The summed E-state index contributed by atoms with van der Waals surface area (Å²) in [6, 6.07) is 30.6. The lowest BCUT2D eigenvalue weighted by Crippen LogP contribution is -2.13. The molecule has 47 heavy (non-hydrogen) atoms. The Balaban J connectivity index is 0.854. The maximum Gasteiger partial charge on any atom is 0.231 e. The molecule has 1 aliphatic carbocycles. The van der Waals surface area contributed by atoms with Crippen LogP contribution >= 0.6 is 0 Å². The molecule has 1 saturated carbocycles. The summed E-state index contributed by atoms with van der Waals surface area (Å²) < 4.78 is 17.7. The SMILES string of the molecule is CCCCC[C@H]1CC[C@H](c2ccc(-c3ccc(OCCCCCCOc4ccc(-c5nc6ccccc6o5)c(O)c4)cc3)cc2)CC1. The predicted molar refractivity (Wildman–Crippen MR) is 191 cm³/mol. The topological polar surface area (TPSA) is 64.7 Å². The van der Waals surface area contributed by atoms with Crippen LogP contribution in [0, 0.1) is 5.92 Å². The minimum Gasteiger partial charge on any atom is -0.507 e. The van der Waals surface area contributed by atoms with Crippen molar-refractivity contribution in [3.05, 3.63) is 96.6 Å². The van der Waals surface area contributed by atoms with Crippen LogP contribution in [0.3, 0.4) is 0 Å². The van der Waals surface area contributed by atoms with Gasteiger partial charge in [-0.05, 0) is 116 Å². The van der Waals surface area contributed by atoms with Gasteiger partial charge in [-0.1, -0.05) is 81.1 Å². The van der Waals surface area contributed by atoms with Crippen molar-refractivity contribution in [2.75, 3.05) is 13.2 Å². The minimum absolute atomic E-state index is 0.0952. The maximum atomic E-state index is 10.5. The van der Waals surface area contributed by atoms with Crippen molar-refractivity contribution < 1.29 is 19.0 Å². The third kappa shape index (κ3) is 8.97. The van der Waals surface area contributed by atoms with Gasteiger partial charge in [-0.2, -0.15) is 0 Å². The average Bonchev–Trinajstić information content (AvgIpc) is 3.54. The number of aromatic hydroxyl groups is 1. The zero-order chi connectivity index (χ0) is 32.3. The number of unbranched alkanes of at least 4 members (excludes halogenated alkanes) is 5. The largest absolute Gasteiger partial charge is 0.507 e. The summed E-state index contributed by atoms with van der Waals surface area (Å²) in [5.74, 6) is 3.75. The molecule has 0 unspecified atom stereocenters. The van der Waals surface area contributed by atoms with Crippen molar-refractivity contribution in [2.45, 2.75) is 89.9 Å². The van der Waals surface area contributed by atoms with Crippen LogP contribution in [-0.4, -0.2) is 23.3 Å². The number of aromatic nitrogens is 1.